The summed E-state index contributed by atoms with van der Waals surface area (Å²) in [4.78, 5) is 24.4. The summed E-state index contributed by atoms with van der Waals surface area (Å²) in [6.45, 7) is 3.56. The van der Waals surface area contributed by atoms with E-state index in [2.05, 4.69) is 0 Å². The predicted octanol–water partition coefficient (Wildman–Crippen LogP) is 3.52. The van der Waals surface area contributed by atoms with Crippen LogP contribution in [0, 0.1) is 5.82 Å². The molecule has 1 aromatic carbocycles. The number of alkyl halides is 3. The molecule has 0 bridgehead atoms. The Morgan fingerprint density at radius 3 is 2.38 bits per heavy atom. The summed E-state index contributed by atoms with van der Waals surface area (Å²) in [5.41, 5.74) is -4.65. The smallest absolute Gasteiger partial charge is 0.431 e. The maximum Gasteiger partial charge on any atom is 0.431 e. The lowest BCUT2D eigenvalue weighted by Crippen LogP contribution is -2.41. The van der Waals surface area contributed by atoms with E-state index in [4.69, 9.17) is 16.3 Å². The summed E-state index contributed by atoms with van der Waals surface area (Å²) in [6.07, 6.45) is -4.60. The first-order valence-corrected chi connectivity index (χ1v) is 7.91. The summed E-state index contributed by atoms with van der Waals surface area (Å²) in [7, 11) is 0.839. The van der Waals surface area contributed by atoms with E-state index in [1.165, 1.54) is 0 Å². The van der Waals surface area contributed by atoms with Crippen molar-refractivity contribution in [3.8, 4) is 11.4 Å². The maximum atomic E-state index is 14.3. The van der Waals surface area contributed by atoms with Gasteiger partial charge in [-0.1, -0.05) is 18.5 Å². The molecule has 0 N–H and O–H groups in total. The number of halogens is 5. The largest absolute Gasteiger partial charge is 0.489 e. The topological polar surface area (TPSA) is 53.2 Å². The van der Waals surface area contributed by atoms with Crippen LogP contribution in [0.4, 0.5) is 17.6 Å². The van der Waals surface area contributed by atoms with Crippen LogP contribution in [0.25, 0.3) is 5.69 Å². The van der Waals surface area contributed by atoms with Crippen LogP contribution in [-0.4, -0.2) is 15.2 Å². The van der Waals surface area contributed by atoms with Gasteiger partial charge in [-0.15, -0.1) is 0 Å². The van der Waals surface area contributed by atoms with Gasteiger partial charge < -0.3 is 4.74 Å². The minimum absolute atomic E-state index is 0.00580. The second kappa shape index (κ2) is 7.14. The predicted molar refractivity (Wildman–Crippen MR) is 87.6 cm³/mol. The molecule has 1 atom stereocenters. The number of benzene rings is 1. The zero-order chi connectivity index (χ0) is 19.8. The van der Waals surface area contributed by atoms with Crippen molar-refractivity contribution in [1.29, 1.82) is 0 Å². The molecule has 0 saturated carbocycles. The first-order valence-electron chi connectivity index (χ1n) is 7.53. The Morgan fingerprint density at radius 1 is 1.23 bits per heavy atom. The molecule has 0 aliphatic carbocycles. The van der Waals surface area contributed by atoms with Gasteiger partial charge in [0.1, 0.15) is 17.3 Å². The van der Waals surface area contributed by atoms with Crippen molar-refractivity contribution in [2.75, 3.05) is 0 Å². The first kappa shape index (κ1) is 20.0. The molecule has 0 radical (unpaired) electrons. The summed E-state index contributed by atoms with van der Waals surface area (Å²) >= 11 is 5.90. The van der Waals surface area contributed by atoms with Crippen molar-refractivity contribution in [2.24, 2.45) is 7.05 Å². The number of rotatable bonds is 4. The lowest BCUT2D eigenvalue weighted by molar-refractivity contribution is -0.144. The van der Waals surface area contributed by atoms with E-state index in [1.807, 2.05) is 6.92 Å². The average molecular weight is 395 g/mol. The molecule has 1 aromatic heterocycles. The Morgan fingerprint density at radius 2 is 1.85 bits per heavy atom. The van der Waals surface area contributed by atoms with Gasteiger partial charge in [0.15, 0.2) is 0 Å². The van der Waals surface area contributed by atoms with Crippen LogP contribution in [0.3, 0.4) is 0 Å². The summed E-state index contributed by atoms with van der Waals surface area (Å²) < 4.78 is 59.0. The Hall–Kier alpha value is -2.29. The van der Waals surface area contributed by atoms with Crippen LogP contribution in [0.15, 0.2) is 27.8 Å². The number of ether oxygens (including phenoxy) is 1. The standard InChI is InChI=1S/C16H15ClF4N2O3/c1-4-8(2)26-12-6-11(10(18)5-9(12)17)23-14(24)7-13(16(19,20)21)22(3)15(23)25/h5-8H,4H2,1-3H3. The number of hydrogen-bond acceptors (Lipinski definition) is 3. The van der Waals surface area contributed by atoms with Crippen molar-refractivity contribution in [2.45, 2.75) is 32.5 Å². The zero-order valence-electron chi connectivity index (χ0n) is 14.0. The van der Waals surface area contributed by atoms with Crippen molar-refractivity contribution in [3.63, 3.8) is 0 Å². The molecule has 0 aliphatic rings. The maximum absolute atomic E-state index is 14.3. The SMILES string of the molecule is CCC(C)Oc1cc(-n2c(=O)cc(C(F)(F)F)n(C)c2=O)c(F)cc1Cl. The van der Waals surface area contributed by atoms with Crippen LogP contribution >= 0.6 is 11.6 Å². The van der Waals surface area contributed by atoms with E-state index < -0.39 is 34.6 Å². The average Bonchev–Trinajstić information content (AvgIpc) is 2.53. The molecule has 2 aromatic rings. The molecule has 1 unspecified atom stereocenters. The minimum atomic E-state index is -4.91. The summed E-state index contributed by atoms with van der Waals surface area (Å²) in [6, 6.07) is 2.07. The van der Waals surface area contributed by atoms with Crippen LogP contribution in [0.2, 0.25) is 5.02 Å². The quantitative estimate of drug-likeness (QED) is 0.745. The van der Waals surface area contributed by atoms with Gasteiger partial charge in [0, 0.05) is 19.2 Å². The molecule has 5 nitrogen and oxygen atoms in total. The molecule has 2 rings (SSSR count). The lowest BCUT2D eigenvalue weighted by atomic mass is 10.2. The molecule has 142 valence electrons. The summed E-state index contributed by atoms with van der Waals surface area (Å²) in [5.74, 6) is -1.04. The molecular formula is C16H15ClF4N2O3. The molecule has 26 heavy (non-hydrogen) atoms. The Labute approximate surface area is 150 Å². The molecule has 0 amide bonds. The molecule has 0 spiro atoms. The van der Waals surface area contributed by atoms with Gasteiger partial charge in [-0.05, 0) is 19.4 Å². The second-order valence-electron chi connectivity index (χ2n) is 5.61. The van der Waals surface area contributed by atoms with Crippen LogP contribution < -0.4 is 16.0 Å². The highest BCUT2D eigenvalue weighted by Gasteiger charge is 2.35. The van der Waals surface area contributed by atoms with Crippen molar-refractivity contribution in [3.05, 3.63) is 55.6 Å². The molecule has 1 heterocycles. The molecule has 0 aliphatic heterocycles. The van der Waals surface area contributed by atoms with Gasteiger partial charge in [0.05, 0.1) is 16.8 Å². The fraction of sp³-hybridized carbons (Fsp3) is 0.375. The number of nitrogens with zero attached hydrogens (tertiary/aromatic N) is 2. The highest BCUT2D eigenvalue weighted by Crippen LogP contribution is 2.31. The van der Waals surface area contributed by atoms with E-state index in [0.29, 0.717) is 11.0 Å². The first-order chi connectivity index (χ1) is 12.0. The summed E-state index contributed by atoms with van der Waals surface area (Å²) in [5, 5.41) is -0.0941. The fourth-order valence-electron chi connectivity index (χ4n) is 2.20. The van der Waals surface area contributed by atoms with Gasteiger partial charge in [0.2, 0.25) is 0 Å². The van der Waals surface area contributed by atoms with E-state index in [9.17, 15) is 27.2 Å². The van der Waals surface area contributed by atoms with Gasteiger partial charge in [-0.2, -0.15) is 13.2 Å². The third kappa shape index (κ3) is 3.77. The zero-order valence-corrected chi connectivity index (χ0v) is 14.8. The number of aromatic nitrogens is 2. The van der Waals surface area contributed by atoms with Crippen LogP contribution in [0.5, 0.6) is 5.75 Å². The van der Waals surface area contributed by atoms with Gasteiger partial charge in [0.25, 0.3) is 5.56 Å². The normalized spacial score (nSPS) is 12.9. The van der Waals surface area contributed by atoms with Gasteiger partial charge in [-0.25, -0.2) is 13.8 Å². The monoisotopic (exact) mass is 394 g/mol. The highest BCUT2D eigenvalue weighted by molar-refractivity contribution is 6.32. The molecular weight excluding hydrogens is 380 g/mol. The van der Waals surface area contributed by atoms with Crippen LogP contribution in [-0.2, 0) is 13.2 Å². The Kier molecular flexibility index (Phi) is 5.50. The fourth-order valence-corrected chi connectivity index (χ4v) is 2.39. The van der Waals surface area contributed by atoms with Crippen molar-refractivity contribution in [1.82, 2.24) is 9.13 Å². The van der Waals surface area contributed by atoms with E-state index in [0.717, 1.165) is 19.2 Å². The lowest BCUT2D eigenvalue weighted by Gasteiger charge is -2.17. The van der Waals surface area contributed by atoms with Crippen LogP contribution in [0.1, 0.15) is 26.0 Å². The molecule has 10 heteroatoms. The molecule has 0 saturated heterocycles. The van der Waals surface area contributed by atoms with E-state index in [-0.39, 0.29) is 27.5 Å². The minimum Gasteiger partial charge on any atom is -0.489 e. The molecule has 0 fully saturated rings. The number of hydrogen-bond donors (Lipinski definition) is 0. The Balaban J connectivity index is 2.73. The van der Waals surface area contributed by atoms with Gasteiger partial charge in [-0.3, -0.25) is 9.36 Å². The van der Waals surface area contributed by atoms with Gasteiger partial charge >= 0.3 is 11.9 Å². The second-order valence-corrected chi connectivity index (χ2v) is 6.02. The highest BCUT2D eigenvalue weighted by atomic mass is 35.5. The van der Waals surface area contributed by atoms with E-state index >= 15 is 0 Å². The van der Waals surface area contributed by atoms with Crippen molar-refractivity contribution < 1.29 is 22.3 Å². The third-order valence-corrected chi connectivity index (χ3v) is 4.05. The third-order valence-electron chi connectivity index (χ3n) is 3.76. The van der Waals surface area contributed by atoms with E-state index in [1.54, 1.807) is 6.92 Å². The Bertz CT molecular complexity index is 950. The van der Waals surface area contributed by atoms with Crippen molar-refractivity contribution >= 4 is 11.6 Å².